The number of hydrogen-bond acceptors (Lipinski definition) is 3. The molecule has 5 heteroatoms. The zero-order valence-electron chi connectivity index (χ0n) is 14.1. The van der Waals surface area contributed by atoms with Crippen LogP contribution in [0.2, 0.25) is 0 Å². The summed E-state index contributed by atoms with van der Waals surface area (Å²) in [4.78, 5) is 14.6. The number of carbonyl (C=O) groups excluding carboxylic acids is 1. The summed E-state index contributed by atoms with van der Waals surface area (Å²) in [6.07, 6.45) is 7.26. The predicted molar refractivity (Wildman–Crippen MR) is 92.7 cm³/mol. The van der Waals surface area contributed by atoms with Gasteiger partial charge in [0.2, 0.25) is 5.91 Å². The first kappa shape index (κ1) is 15.4. The molecule has 1 aliphatic carbocycles. The molecule has 0 unspecified atom stereocenters. The fourth-order valence-electron chi connectivity index (χ4n) is 3.82. The largest absolute Gasteiger partial charge is 0.348 e. The highest BCUT2D eigenvalue weighted by Gasteiger charge is 2.30. The fourth-order valence-corrected chi connectivity index (χ4v) is 3.82. The summed E-state index contributed by atoms with van der Waals surface area (Å²) in [5.41, 5.74) is 3.86. The van der Waals surface area contributed by atoms with Crippen LogP contribution in [0, 0.1) is 6.92 Å². The van der Waals surface area contributed by atoms with E-state index in [0.29, 0.717) is 12.6 Å². The molecule has 1 fully saturated rings. The smallest absolute Gasteiger partial charge is 0.234 e. The average Bonchev–Trinajstić information content (AvgIpc) is 2.97. The van der Waals surface area contributed by atoms with Crippen molar-refractivity contribution in [3.63, 3.8) is 0 Å². The molecule has 1 amide bonds. The lowest BCUT2D eigenvalue weighted by Gasteiger charge is -2.39. The van der Waals surface area contributed by atoms with Gasteiger partial charge in [0, 0.05) is 19.3 Å². The van der Waals surface area contributed by atoms with E-state index in [9.17, 15) is 4.79 Å². The number of nitrogens with one attached hydrogen (secondary N) is 1. The first-order chi connectivity index (χ1) is 11.7. The molecule has 0 bridgehead atoms. The molecule has 0 saturated carbocycles. The average molecular weight is 324 g/mol. The molecule has 1 aromatic heterocycles. The van der Waals surface area contributed by atoms with Crippen molar-refractivity contribution in [2.45, 2.75) is 38.3 Å². The van der Waals surface area contributed by atoms with Crippen LogP contribution < -0.4 is 5.32 Å². The number of nitrogens with zero attached hydrogens (tertiary/aromatic N) is 3. The van der Waals surface area contributed by atoms with Crippen molar-refractivity contribution in [2.24, 2.45) is 0 Å². The Labute approximate surface area is 142 Å². The van der Waals surface area contributed by atoms with Crippen molar-refractivity contribution < 1.29 is 4.79 Å². The van der Waals surface area contributed by atoms with Crippen molar-refractivity contribution in [1.82, 2.24) is 20.0 Å². The van der Waals surface area contributed by atoms with Crippen molar-refractivity contribution in [3.8, 4) is 0 Å². The van der Waals surface area contributed by atoms with Gasteiger partial charge in [-0.15, -0.1) is 0 Å². The highest BCUT2D eigenvalue weighted by molar-refractivity contribution is 5.78. The normalized spacial score (nSPS) is 21.1. The third-order valence-corrected chi connectivity index (χ3v) is 5.11. The standard InChI is InChI=1S/C19H24N4O/c1-14-9-20-23(10-14)16-11-22(12-16)13-19(24)21-18-8-4-6-15-5-2-3-7-17(15)18/h2-3,5,7,9-10,16,18H,4,6,8,11-13H2,1H3,(H,21,24)/t18-/m0/s1. The van der Waals surface area contributed by atoms with Crippen LogP contribution >= 0.6 is 0 Å². The molecule has 0 radical (unpaired) electrons. The maximum absolute atomic E-state index is 12.4. The van der Waals surface area contributed by atoms with Crippen LogP contribution in [0.15, 0.2) is 36.7 Å². The zero-order chi connectivity index (χ0) is 16.5. The molecule has 5 nitrogen and oxygen atoms in total. The van der Waals surface area contributed by atoms with E-state index in [1.165, 1.54) is 16.7 Å². The molecule has 1 saturated heterocycles. The summed E-state index contributed by atoms with van der Waals surface area (Å²) >= 11 is 0. The highest BCUT2D eigenvalue weighted by atomic mass is 16.2. The maximum Gasteiger partial charge on any atom is 0.234 e. The van der Waals surface area contributed by atoms with Gasteiger partial charge in [-0.05, 0) is 42.9 Å². The third kappa shape index (κ3) is 3.08. The van der Waals surface area contributed by atoms with E-state index in [1.807, 2.05) is 10.9 Å². The molecule has 24 heavy (non-hydrogen) atoms. The predicted octanol–water partition coefficient (Wildman–Crippen LogP) is 2.24. The minimum Gasteiger partial charge on any atom is -0.348 e. The Morgan fingerprint density at radius 3 is 2.96 bits per heavy atom. The van der Waals surface area contributed by atoms with Crippen molar-refractivity contribution in [1.29, 1.82) is 0 Å². The molecule has 1 N–H and O–H groups in total. The molecular formula is C19H24N4O. The lowest BCUT2D eigenvalue weighted by molar-refractivity contribution is -0.124. The number of benzene rings is 1. The first-order valence-corrected chi connectivity index (χ1v) is 8.79. The number of aryl methyl sites for hydroxylation is 2. The molecule has 4 rings (SSSR count). The van der Waals surface area contributed by atoms with Crippen molar-refractivity contribution in [2.75, 3.05) is 19.6 Å². The minimum atomic E-state index is 0.131. The van der Waals surface area contributed by atoms with E-state index in [-0.39, 0.29) is 11.9 Å². The quantitative estimate of drug-likeness (QED) is 0.938. The van der Waals surface area contributed by atoms with Crippen LogP contribution in [0.4, 0.5) is 0 Å². The van der Waals surface area contributed by atoms with Crippen LogP contribution in [-0.2, 0) is 11.2 Å². The Bertz CT molecular complexity index is 732. The second-order valence-corrected chi connectivity index (χ2v) is 7.06. The molecule has 2 aliphatic rings. The number of amides is 1. The number of rotatable bonds is 4. The summed E-state index contributed by atoms with van der Waals surface area (Å²) in [6.45, 7) is 4.33. The minimum absolute atomic E-state index is 0.131. The Kier molecular flexibility index (Phi) is 4.10. The molecule has 1 atom stereocenters. The van der Waals surface area contributed by atoms with E-state index >= 15 is 0 Å². The number of carbonyl (C=O) groups is 1. The highest BCUT2D eigenvalue weighted by Crippen LogP contribution is 2.29. The third-order valence-electron chi connectivity index (χ3n) is 5.11. The van der Waals surface area contributed by atoms with Crippen LogP contribution in [0.25, 0.3) is 0 Å². The molecule has 1 aliphatic heterocycles. The van der Waals surface area contributed by atoms with Crippen LogP contribution in [0.1, 0.15) is 41.6 Å². The van der Waals surface area contributed by atoms with Gasteiger partial charge in [-0.3, -0.25) is 14.4 Å². The summed E-state index contributed by atoms with van der Waals surface area (Å²) in [5.74, 6) is 0.131. The summed E-state index contributed by atoms with van der Waals surface area (Å²) in [7, 11) is 0. The number of fused-ring (bicyclic) bond motifs is 1. The van der Waals surface area contributed by atoms with E-state index < -0.39 is 0 Å². The van der Waals surface area contributed by atoms with E-state index in [4.69, 9.17) is 0 Å². The molecule has 2 heterocycles. The maximum atomic E-state index is 12.4. The van der Waals surface area contributed by atoms with Gasteiger partial charge in [0.05, 0.1) is 24.8 Å². The van der Waals surface area contributed by atoms with Crippen LogP contribution in [0.3, 0.4) is 0 Å². The SMILES string of the molecule is Cc1cnn(C2CN(CC(=O)N[C@H]3CCCc4ccccc43)C2)c1. The molecule has 0 spiro atoms. The second-order valence-electron chi connectivity index (χ2n) is 7.06. The van der Waals surface area contributed by atoms with Gasteiger partial charge in [-0.25, -0.2) is 0 Å². The lowest BCUT2D eigenvalue weighted by Crippen LogP contribution is -2.52. The molecule has 126 valence electrons. The topological polar surface area (TPSA) is 50.2 Å². The van der Waals surface area contributed by atoms with Crippen molar-refractivity contribution in [3.05, 3.63) is 53.3 Å². The zero-order valence-corrected chi connectivity index (χ0v) is 14.1. The second kappa shape index (κ2) is 6.40. The monoisotopic (exact) mass is 324 g/mol. The Hall–Kier alpha value is -2.14. The van der Waals surface area contributed by atoms with Gasteiger partial charge < -0.3 is 5.32 Å². The van der Waals surface area contributed by atoms with Crippen molar-refractivity contribution >= 4 is 5.91 Å². The van der Waals surface area contributed by atoms with E-state index in [0.717, 1.165) is 32.4 Å². The van der Waals surface area contributed by atoms with Gasteiger partial charge in [-0.2, -0.15) is 5.10 Å². The summed E-state index contributed by atoms with van der Waals surface area (Å²) in [5, 5.41) is 7.59. The number of likely N-dealkylation sites (tertiary alicyclic amines) is 1. The fraction of sp³-hybridized carbons (Fsp3) is 0.474. The summed E-state index contributed by atoms with van der Waals surface area (Å²) in [6, 6.07) is 9.06. The van der Waals surface area contributed by atoms with Crippen LogP contribution in [-0.4, -0.2) is 40.2 Å². The van der Waals surface area contributed by atoms with Gasteiger partial charge in [0.1, 0.15) is 0 Å². The summed E-state index contributed by atoms with van der Waals surface area (Å²) < 4.78 is 2.01. The van der Waals surface area contributed by atoms with E-state index in [1.54, 1.807) is 0 Å². The first-order valence-electron chi connectivity index (χ1n) is 8.79. The van der Waals surface area contributed by atoms with Gasteiger partial charge in [0.15, 0.2) is 0 Å². The number of aromatic nitrogens is 2. The van der Waals surface area contributed by atoms with Crippen LogP contribution in [0.5, 0.6) is 0 Å². The van der Waals surface area contributed by atoms with Gasteiger partial charge >= 0.3 is 0 Å². The number of hydrogen-bond donors (Lipinski definition) is 1. The Balaban J connectivity index is 1.29. The van der Waals surface area contributed by atoms with Gasteiger partial charge in [0.25, 0.3) is 0 Å². The Morgan fingerprint density at radius 2 is 2.17 bits per heavy atom. The Morgan fingerprint density at radius 1 is 1.33 bits per heavy atom. The lowest BCUT2D eigenvalue weighted by atomic mass is 9.88. The molecule has 2 aromatic rings. The molecule has 1 aromatic carbocycles. The van der Waals surface area contributed by atoms with Gasteiger partial charge in [-0.1, -0.05) is 24.3 Å². The van der Waals surface area contributed by atoms with E-state index in [2.05, 4.69) is 52.7 Å². The molecular weight excluding hydrogens is 300 g/mol.